The molecule has 0 aliphatic carbocycles. The first kappa shape index (κ1) is 24.5. The van der Waals surface area contributed by atoms with Gasteiger partial charge in [0.2, 0.25) is 5.95 Å². The monoisotopic (exact) mass is 508 g/mol. The molecule has 0 atom stereocenters. The molecule has 0 saturated carbocycles. The standard InChI is InChI=1S/C29H21FN4O4/c1-4-16-8-10-19-21(12-16)27(25-22(30)6-5-7-23(25)37-2)31-14-17-15-32-29(34-26(17)19)33-18-9-11-20(28(35)36)24(13-18)38-3/h1,5-13,15H,14H2,2-3H3,(H,35,36)(H,32,33,34). The number of methoxy groups -OCH3 is 2. The largest absolute Gasteiger partial charge is 0.496 e. The number of carbonyl (C=O) groups is 1. The summed E-state index contributed by atoms with van der Waals surface area (Å²) in [5.74, 6) is 1.87. The first-order valence-electron chi connectivity index (χ1n) is 11.5. The van der Waals surface area contributed by atoms with E-state index < -0.39 is 11.8 Å². The van der Waals surface area contributed by atoms with Crippen LogP contribution in [0, 0.1) is 18.2 Å². The third-order valence-corrected chi connectivity index (χ3v) is 6.09. The molecule has 2 N–H and O–H groups in total. The Morgan fingerprint density at radius 2 is 1.89 bits per heavy atom. The van der Waals surface area contributed by atoms with E-state index in [2.05, 4.69) is 16.2 Å². The molecule has 9 heteroatoms. The maximum atomic E-state index is 15.1. The van der Waals surface area contributed by atoms with Gasteiger partial charge in [-0.25, -0.2) is 19.2 Å². The van der Waals surface area contributed by atoms with Gasteiger partial charge >= 0.3 is 5.97 Å². The van der Waals surface area contributed by atoms with Crippen LogP contribution in [0.3, 0.4) is 0 Å². The highest BCUT2D eigenvalue weighted by atomic mass is 19.1. The number of benzene rings is 3. The fraction of sp³-hybridized carbons (Fsp3) is 0.103. The molecule has 0 saturated heterocycles. The second-order valence-corrected chi connectivity index (χ2v) is 8.30. The Kier molecular flexibility index (Phi) is 6.46. The SMILES string of the molecule is C#Cc1ccc2c(c1)C(c1c(F)cccc1OC)=NCc1cnc(Nc3ccc(C(=O)O)c(OC)c3)nc1-2. The molecule has 0 fully saturated rings. The number of carboxylic acid groups (broad SMARTS) is 1. The number of aliphatic imine (C=N–C) groups is 1. The Hall–Kier alpha value is -5.23. The van der Waals surface area contributed by atoms with Gasteiger partial charge in [-0.05, 0) is 36.4 Å². The normalized spacial score (nSPS) is 11.8. The van der Waals surface area contributed by atoms with Crippen molar-refractivity contribution in [2.24, 2.45) is 4.99 Å². The molecule has 4 aromatic rings. The fourth-order valence-corrected chi connectivity index (χ4v) is 4.29. The molecule has 5 rings (SSSR count). The number of terminal acetylenes is 1. The molecule has 38 heavy (non-hydrogen) atoms. The van der Waals surface area contributed by atoms with Gasteiger partial charge in [0, 0.05) is 40.2 Å². The van der Waals surface area contributed by atoms with Crippen molar-refractivity contribution >= 4 is 23.3 Å². The van der Waals surface area contributed by atoms with Crippen molar-refractivity contribution < 1.29 is 23.8 Å². The maximum absolute atomic E-state index is 15.1. The number of fused-ring (bicyclic) bond motifs is 3. The van der Waals surface area contributed by atoms with E-state index in [1.165, 1.54) is 26.4 Å². The van der Waals surface area contributed by atoms with E-state index in [0.717, 1.165) is 5.56 Å². The molecule has 1 aliphatic heterocycles. The van der Waals surface area contributed by atoms with Crippen LogP contribution in [-0.4, -0.2) is 41.0 Å². The second kappa shape index (κ2) is 10.0. The predicted molar refractivity (Wildman–Crippen MR) is 141 cm³/mol. The van der Waals surface area contributed by atoms with E-state index in [0.29, 0.717) is 39.5 Å². The highest BCUT2D eigenvalue weighted by molar-refractivity contribution is 6.18. The number of halogens is 1. The number of ether oxygens (including phenoxy) is 2. The van der Waals surface area contributed by atoms with Crippen molar-refractivity contribution in [3.63, 3.8) is 0 Å². The minimum absolute atomic E-state index is 0.0346. The number of hydrogen-bond donors (Lipinski definition) is 2. The Balaban J connectivity index is 1.62. The van der Waals surface area contributed by atoms with Crippen molar-refractivity contribution in [2.75, 3.05) is 19.5 Å². The summed E-state index contributed by atoms with van der Waals surface area (Å²) >= 11 is 0. The molecule has 8 nitrogen and oxygen atoms in total. The lowest BCUT2D eigenvalue weighted by atomic mass is 9.93. The summed E-state index contributed by atoms with van der Waals surface area (Å²) in [5.41, 5.74) is 4.45. The van der Waals surface area contributed by atoms with Gasteiger partial charge in [0.05, 0.1) is 37.7 Å². The number of anilines is 2. The lowest BCUT2D eigenvalue weighted by Gasteiger charge is -2.15. The molecule has 1 aromatic heterocycles. The van der Waals surface area contributed by atoms with Gasteiger partial charge in [0.15, 0.2) is 0 Å². The van der Waals surface area contributed by atoms with Crippen LogP contribution in [0.25, 0.3) is 11.3 Å². The molecule has 1 aliphatic rings. The molecule has 0 amide bonds. The van der Waals surface area contributed by atoms with E-state index in [-0.39, 0.29) is 29.4 Å². The number of aromatic carboxylic acids is 1. The quantitative estimate of drug-likeness (QED) is 0.350. The number of aromatic nitrogens is 2. The van der Waals surface area contributed by atoms with E-state index >= 15 is 4.39 Å². The lowest BCUT2D eigenvalue weighted by molar-refractivity contribution is 0.0693. The molecule has 2 heterocycles. The second-order valence-electron chi connectivity index (χ2n) is 8.30. The van der Waals surface area contributed by atoms with Gasteiger partial charge in [-0.3, -0.25) is 4.99 Å². The van der Waals surface area contributed by atoms with Crippen molar-refractivity contribution in [1.82, 2.24) is 9.97 Å². The molecule has 0 radical (unpaired) electrons. The Labute approximate surface area is 217 Å². The van der Waals surface area contributed by atoms with Crippen molar-refractivity contribution in [1.29, 1.82) is 0 Å². The average molecular weight is 509 g/mol. The summed E-state index contributed by atoms with van der Waals surface area (Å²) in [7, 11) is 2.87. The average Bonchev–Trinajstić information content (AvgIpc) is 3.08. The summed E-state index contributed by atoms with van der Waals surface area (Å²) in [6, 6.07) is 14.6. The van der Waals surface area contributed by atoms with Crippen LogP contribution in [0.2, 0.25) is 0 Å². The van der Waals surface area contributed by atoms with Crippen molar-refractivity contribution in [3.05, 3.63) is 94.4 Å². The van der Waals surface area contributed by atoms with Crippen LogP contribution in [0.1, 0.15) is 32.6 Å². The summed E-state index contributed by atoms with van der Waals surface area (Å²) in [4.78, 5) is 25.3. The lowest BCUT2D eigenvalue weighted by Crippen LogP contribution is -2.10. The molecule has 0 spiro atoms. The topological polar surface area (TPSA) is 106 Å². The van der Waals surface area contributed by atoms with Gasteiger partial charge in [-0.2, -0.15) is 0 Å². The van der Waals surface area contributed by atoms with Crippen LogP contribution in [0.4, 0.5) is 16.0 Å². The first-order chi connectivity index (χ1) is 18.4. The number of nitrogens with one attached hydrogen (secondary N) is 1. The molecule has 0 bridgehead atoms. The molecular formula is C29H21FN4O4. The highest BCUT2D eigenvalue weighted by Crippen LogP contribution is 2.35. The Morgan fingerprint density at radius 3 is 2.63 bits per heavy atom. The zero-order valence-electron chi connectivity index (χ0n) is 20.4. The van der Waals surface area contributed by atoms with Gasteiger partial charge in [-0.1, -0.05) is 18.1 Å². The first-order valence-corrected chi connectivity index (χ1v) is 11.5. The van der Waals surface area contributed by atoms with E-state index in [1.54, 1.807) is 42.6 Å². The number of nitrogens with zero attached hydrogens (tertiary/aromatic N) is 3. The third kappa shape index (κ3) is 4.40. The smallest absolute Gasteiger partial charge is 0.339 e. The molecule has 188 valence electrons. The predicted octanol–water partition coefficient (Wildman–Crippen LogP) is 5.07. The number of carboxylic acids is 1. The zero-order chi connectivity index (χ0) is 26.8. The maximum Gasteiger partial charge on any atom is 0.339 e. The van der Waals surface area contributed by atoms with Gasteiger partial charge in [0.1, 0.15) is 22.9 Å². The zero-order valence-corrected chi connectivity index (χ0v) is 20.4. The van der Waals surface area contributed by atoms with E-state index in [1.807, 2.05) is 6.07 Å². The van der Waals surface area contributed by atoms with Gasteiger partial charge in [-0.15, -0.1) is 6.42 Å². The van der Waals surface area contributed by atoms with Crippen LogP contribution in [0.5, 0.6) is 11.5 Å². The van der Waals surface area contributed by atoms with Crippen LogP contribution in [0.15, 0.2) is 65.8 Å². The van der Waals surface area contributed by atoms with Crippen LogP contribution in [-0.2, 0) is 6.54 Å². The highest BCUT2D eigenvalue weighted by Gasteiger charge is 2.25. The summed E-state index contributed by atoms with van der Waals surface area (Å²) in [6.07, 6.45) is 7.33. The minimum atomic E-state index is -1.10. The summed E-state index contributed by atoms with van der Waals surface area (Å²) < 4.78 is 25.8. The minimum Gasteiger partial charge on any atom is -0.496 e. The fourth-order valence-electron chi connectivity index (χ4n) is 4.29. The third-order valence-electron chi connectivity index (χ3n) is 6.09. The van der Waals surface area contributed by atoms with Crippen molar-refractivity contribution in [3.8, 4) is 35.1 Å². The summed E-state index contributed by atoms with van der Waals surface area (Å²) in [6.45, 7) is 0.198. The van der Waals surface area contributed by atoms with Gasteiger partial charge in [0.25, 0.3) is 0 Å². The van der Waals surface area contributed by atoms with Crippen LogP contribution < -0.4 is 14.8 Å². The number of rotatable bonds is 6. The van der Waals surface area contributed by atoms with E-state index in [9.17, 15) is 9.90 Å². The molecule has 0 unspecified atom stereocenters. The number of hydrogen-bond acceptors (Lipinski definition) is 7. The van der Waals surface area contributed by atoms with Gasteiger partial charge < -0.3 is 19.9 Å². The van der Waals surface area contributed by atoms with Crippen molar-refractivity contribution in [2.45, 2.75) is 6.54 Å². The summed E-state index contributed by atoms with van der Waals surface area (Å²) in [5, 5.41) is 12.4. The molecule has 3 aromatic carbocycles. The molecular weight excluding hydrogens is 487 g/mol. The van der Waals surface area contributed by atoms with Crippen LogP contribution >= 0.6 is 0 Å². The Bertz CT molecular complexity index is 1660. The Morgan fingerprint density at radius 1 is 1.08 bits per heavy atom. The van der Waals surface area contributed by atoms with E-state index in [4.69, 9.17) is 25.9 Å².